The monoisotopic (exact) mass is 401 g/mol. The summed E-state index contributed by atoms with van der Waals surface area (Å²) in [4.78, 5) is 20.9. The summed E-state index contributed by atoms with van der Waals surface area (Å²) in [5.74, 6) is 0.665. The van der Waals surface area contributed by atoms with Crippen LogP contribution in [0.5, 0.6) is 0 Å². The Bertz CT molecular complexity index is 814. The number of amides is 1. The number of carbonyl (C=O) groups is 1. The van der Waals surface area contributed by atoms with E-state index < -0.39 is 0 Å². The second-order valence-electron chi connectivity index (χ2n) is 6.65. The second-order valence-corrected chi connectivity index (χ2v) is 7.71. The van der Waals surface area contributed by atoms with E-state index in [1.807, 2.05) is 31.2 Å². The van der Waals surface area contributed by atoms with Crippen molar-refractivity contribution in [1.29, 1.82) is 0 Å². The summed E-state index contributed by atoms with van der Waals surface area (Å²) in [7, 11) is 1.75. The van der Waals surface area contributed by atoms with Crippen LogP contribution in [0, 0.1) is 6.92 Å². The molecule has 1 aliphatic heterocycles. The molecule has 8 heteroatoms. The van der Waals surface area contributed by atoms with E-state index in [9.17, 15) is 4.79 Å². The molecular weight excluding hydrogens is 374 g/mol. The zero-order valence-electron chi connectivity index (χ0n) is 16.3. The Labute approximate surface area is 169 Å². The first-order valence-corrected chi connectivity index (χ1v) is 10.4. The lowest BCUT2D eigenvalue weighted by Gasteiger charge is -2.13. The van der Waals surface area contributed by atoms with Gasteiger partial charge in [-0.15, -0.1) is 11.3 Å². The molecule has 0 spiro atoms. The molecule has 7 nitrogen and oxygen atoms in total. The van der Waals surface area contributed by atoms with Gasteiger partial charge in [0.2, 0.25) is 0 Å². The zero-order chi connectivity index (χ0) is 19.8. The first-order chi connectivity index (χ1) is 13.6. The van der Waals surface area contributed by atoms with Gasteiger partial charge < -0.3 is 20.7 Å². The third kappa shape index (κ3) is 6.03. The largest absolute Gasteiger partial charge is 0.368 e. The van der Waals surface area contributed by atoms with Crippen LogP contribution < -0.4 is 16.0 Å². The van der Waals surface area contributed by atoms with Crippen LogP contribution in [-0.4, -0.2) is 43.2 Å². The number of hydrogen-bond donors (Lipinski definition) is 3. The van der Waals surface area contributed by atoms with Crippen molar-refractivity contribution in [2.24, 2.45) is 4.99 Å². The van der Waals surface area contributed by atoms with Crippen LogP contribution in [0.15, 0.2) is 34.6 Å². The Hall–Kier alpha value is -2.45. The number of benzene rings is 1. The summed E-state index contributed by atoms with van der Waals surface area (Å²) >= 11 is 1.67. The van der Waals surface area contributed by atoms with E-state index in [1.54, 1.807) is 18.4 Å². The van der Waals surface area contributed by atoms with Gasteiger partial charge in [0.05, 0.1) is 10.7 Å². The molecule has 1 unspecified atom stereocenters. The molecule has 3 rings (SSSR count). The van der Waals surface area contributed by atoms with E-state index in [0.717, 1.165) is 53.7 Å². The smallest absolute Gasteiger partial charge is 0.253 e. The molecule has 150 valence electrons. The van der Waals surface area contributed by atoms with Gasteiger partial charge in [-0.05, 0) is 37.5 Å². The number of rotatable bonds is 7. The minimum atomic E-state index is -0.327. The van der Waals surface area contributed by atoms with Gasteiger partial charge >= 0.3 is 0 Å². The molecule has 0 radical (unpaired) electrons. The molecule has 1 saturated heterocycles. The van der Waals surface area contributed by atoms with Gasteiger partial charge in [0.25, 0.3) is 5.91 Å². The minimum absolute atomic E-state index is 0.0719. The summed E-state index contributed by atoms with van der Waals surface area (Å²) in [5.41, 5.74) is 2.94. The number of nitrogens with zero attached hydrogens (tertiary/aromatic N) is 2. The molecule has 1 fully saturated rings. The SMILES string of the molecule is CN=C(NCCc1csc(C)n1)NCc1cccc(NC(=O)C2CCCO2)c1. The number of aliphatic imine (C=N–C) groups is 1. The van der Waals surface area contributed by atoms with Crippen LogP contribution in [0.25, 0.3) is 0 Å². The van der Waals surface area contributed by atoms with E-state index in [2.05, 4.69) is 31.3 Å². The van der Waals surface area contributed by atoms with Crippen molar-refractivity contribution in [3.05, 3.63) is 45.9 Å². The molecule has 1 aromatic carbocycles. The predicted molar refractivity (Wildman–Crippen MR) is 113 cm³/mol. The molecule has 0 bridgehead atoms. The molecule has 1 aliphatic rings. The number of anilines is 1. The van der Waals surface area contributed by atoms with Gasteiger partial charge in [-0.3, -0.25) is 9.79 Å². The number of hydrogen-bond acceptors (Lipinski definition) is 5. The van der Waals surface area contributed by atoms with Crippen molar-refractivity contribution in [1.82, 2.24) is 15.6 Å². The number of nitrogens with one attached hydrogen (secondary N) is 3. The summed E-state index contributed by atoms with van der Waals surface area (Å²) in [6.45, 7) is 4.05. The van der Waals surface area contributed by atoms with E-state index in [-0.39, 0.29) is 12.0 Å². The van der Waals surface area contributed by atoms with Crippen molar-refractivity contribution in [3.63, 3.8) is 0 Å². The molecule has 0 aliphatic carbocycles. The maximum absolute atomic E-state index is 12.2. The van der Waals surface area contributed by atoms with Crippen molar-refractivity contribution >= 4 is 28.9 Å². The topological polar surface area (TPSA) is 87.6 Å². The fourth-order valence-corrected chi connectivity index (χ4v) is 3.65. The number of aryl methyl sites for hydroxylation is 1. The third-order valence-corrected chi connectivity index (χ3v) is 5.26. The Morgan fingerprint density at radius 1 is 1.39 bits per heavy atom. The summed E-state index contributed by atoms with van der Waals surface area (Å²) in [6, 6.07) is 7.80. The lowest BCUT2D eigenvalue weighted by Crippen LogP contribution is -2.37. The highest BCUT2D eigenvalue weighted by Gasteiger charge is 2.23. The summed E-state index contributed by atoms with van der Waals surface area (Å²) < 4.78 is 5.43. The second kappa shape index (κ2) is 10.2. The number of thiazole rings is 1. The molecule has 1 atom stereocenters. The van der Waals surface area contributed by atoms with Crippen molar-refractivity contribution in [3.8, 4) is 0 Å². The fourth-order valence-electron chi connectivity index (χ4n) is 3.00. The molecule has 2 aromatic rings. The van der Waals surface area contributed by atoms with Crippen molar-refractivity contribution < 1.29 is 9.53 Å². The van der Waals surface area contributed by atoms with Crippen molar-refractivity contribution in [2.45, 2.75) is 38.8 Å². The van der Waals surface area contributed by atoms with Crippen molar-refractivity contribution in [2.75, 3.05) is 25.5 Å². The maximum atomic E-state index is 12.2. The molecule has 28 heavy (non-hydrogen) atoms. The first kappa shape index (κ1) is 20.3. The highest BCUT2D eigenvalue weighted by atomic mass is 32.1. The average Bonchev–Trinajstić information content (AvgIpc) is 3.37. The Kier molecular flexibility index (Phi) is 7.39. The van der Waals surface area contributed by atoms with E-state index in [4.69, 9.17) is 4.74 Å². The third-order valence-electron chi connectivity index (χ3n) is 4.44. The molecule has 2 heterocycles. The number of guanidine groups is 1. The highest BCUT2D eigenvalue weighted by molar-refractivity contribution is 7.09. The maximum Gasteiger partial charge on any atom is 0.253 e. The van der Waals surface area contributed by atoms with Gasteiger partial charge in [-0.25, -0.2) is 4.98 Å². The van der Waals surface area contributed by atoms with Crippen LogP contribution in [-0.2, 0) is 22.5 Å². The molecule has 0 saturated carbocycles. The lowest BCUT2D eigenvalue weighted by molar-refractivity contribution is -0.124. The highest BCUT2D eigenvalue weighted by Crippen LogP contribution is 2.16. The van der Waals surface area contributed by atoms with Gasteiger partial charge in [0, 0.05) is 44.2 Å². The van der Waals surface area contributed by atoms with Gasteiger partial charge in [-0.2, -0.15) is 0 Å². The Balaban J connectivity index is 1.45. The fraction of sp³-hybridized carbons (Fsp3) is 0.450. The molecule has 1 amide bonds. The van der Waals surface area contributed by atoms with Gasteiger partial charge in [-0.1, -0.05) is 12.1 Å². The Morgan fingerprint density at radius 2 is 2.29 bits per heavy atom. The molecule has 1 aromatic heterocycles. The summed E-state index contributed by atoms with van der Waals surface area (Å²) in [5, 5.41) is 12.7. The average molecular weight is 402 g/mol. The first-order valence-electron chi connectivity index (χ1n) is 9.51. The van der Waals surface area contributed by atoms with E-state index in [1.165, 1.54) is 0 Å². The molecule has 3 N–H and O–H groups in total. The normalized spacial score (nSPS) is 16.8. The van der Waals surface area contributed by atoms with Crippen LogP contribution in [0.2, 0.25) is 0 Å². The predicted octanol–water partition coefficient (Wildman–Crippen LogP) is 2.48. The van der Waals surface area contributed by atoms with E-state index >= 15 is 0 Å². The van der Waals surface area contributed by atoms with Crippen LogP contribution in [0.4, 0.5) is 5.69 Å². The van der Waals surface area contributed by atoms with Crippen LogP contribution in [0.1, 0.15) is 29.1 Å². The lowest BCUT2D eigenvalue weighted by atomic mass is 10.2. The van der Waals surface area contributed by atoms with Gasteiger partial charge in [0.15, 0.2) is 5.96 Å². The number of ether oxygens (including phenoxy) is 1. The van der Waals surface area contributed by atoms with Crippen LogP contribution >= 0.6 is 11.3 Å². The van der Waals surface area contributed by atoms with E-state index in [0.29, 0.717) is 13.2 Å². The quantitative estimate of drug-likeness (QED) is 0.490. The van der Waals surface area contributed by atoms with Crippen LogP contribution in [0.3, 0.4) is 0 Å². The number of carbonyl (C=O) groups excluding carboxylic acids is 1. The standard InChI is InChI=1S/C20H27N5O2S/c1-14-24-17(13-28-14)8-9-22-20(21-2)23-12-15-5-3-6-16(11-15)25-19(26)18-7-4-10-27-18/h3,5-6,11,13,18H,4,7-10,12H2,1-2H3,(H,25,26)(H2,21,22,23). The molecular formula is C20H27N5O2S. The minimum Gasteiger partial charge on any atom is -0.368 e. The van der Waals surface area contributed by atoms with Gasteiger partial charge in [0.1, 0.15) is 6.10 Å². The Morgan fingerprint density at radius 3 is 3.00 bits per heavy atom. The zero-order valence-corrected chi connectivity index (χ0v) is 17.1. The number of aromatic nitrogens is 1. The summed E-state index contributed by atoms with van der Waals surface area (Å²) in [6.07, 6.45) is 2.26.